The van der Waals surface area contributed by atoms with Gasteiger partial charge in [0.2, 0.25) is 11.8 Å². The largest absolute Gasteiger partial charge is 0.481 e. The SMILES string of the molecule is CC(=O)O[C@H](C[C@H](C(C)C)N(C)C(=O)[C@@H](NC(=O)C1CCCCN1C)C(C)C)c1nc(C(=O)NC23CC(CC(=O)O)(C2)[C@@H]3C)cs1. The van der Waals surface area contributed by atoms with Crippen molar-refractivity contribution in [3.8, 4) is 0 Å². The van der Waals surface area contributed by atoms with Gasteiger partial charge in [0.1, 0.15) is 16.7 Å². The van der Waals surface area contributed by atoms with Crippen LogP contribution in [-0.2, 0) is 23.9 Å². The predicted octanol–water partition coefficient (Wildman–Crippen LogP) is 3.62. The number of carboxylic acids is 1. The summed E-state index contributed by atoms with van der Waals surface area (Å²) in [7, 11) is 3.65. The first-order valence-electron chi connectivity index (χ1n) is 16.4. The second-order valence-electron chi connectivity index (χ2n) is 14.5. The number of likely N-dealkylation sites (tertiary alicyclic amines) is 1. The van der Waals surface area contributed by atoms with Crippen molar-refractivity contribution < 1.29 is 33.8 Å². The van der Waals surface area contributed by atoms with Gasteiger partial charge in [0.05, 0.1) is 12.5 Å². The number of aromatic nitrogens is 1. The van der Waals surface area contributed by atoms with Gasteiger partial charge in [0.25, 0.3) is 5.91 Å². The fourth-order valence-electron chi connectivity index (χ4n) is 7.80. The standard InChI is InChI=1S/C33H51N5O7S/c1-18(2)24(38(8)31(44)27(19(3)4)35-29(43)23-11-9-10-12-37(23)7)13-25(45-21(6)39)30-34-22(15-46-30)28(42)36-33-16-32(17-33,20(33)5)14-26(40)41/h15,18-20,23-25,27H,9-14,16-17H2,1-8H3,(H,35,43)(H,36,42)(H,40,41)/t20-,23?,24+,25+,27-,32?,33?/m0/s1. The smallest absolute Gasteiger partial charge is 0.303 e. The Kier molecular flexibility index (Phi) is 10.9. The van der Waals surface area contributed by atoms with E-state index in [9.17, 15) is 29.1 Å². The molecule has 12 nitrogen and oxygen atoms in total. The molecule has 1 unspecified atom stereocenters. The lowest BCUT2D eigenvalue weighted by Crippen LogP contribution is -2.81. The minimum absolute atomic E-state index is 0.0216. The maximum Gasteiger partial charge on any atom is 0.303 e. The maximum atomic E-state index is 13.9. The van der Waals surface area contributed by atoms with E-state index in [-0.39, 0.29) is 71.5 Å². The first-order valence-corrected chi connectivity index (χ1v) is 17.3. The Labute approximate surface area is 276 Å². The van der Waals surface area contributed by atoms with Crippen molar-refractivity contribution in [1.82, 2.24) is 25.4 Å². The van der Waals surface area contributed by atoms with Crippen LogP contribution in [0.3, 0.4) is 0 Å². The molecule has 5 rings (SSSR count). The molecule has 1 aromatic rings. The van der Waals surface area contributed by atoms with Crippen LogP contribution in [0, 0.1) is 23.2 Å². The third-order valence-corrected chi connectivity index (χ3v) is 11.6. The summed E-state index contributed by atoms with van der Waals surface area (Å²) in [5, 5.41) is 17.5. The Morgan fingerprint density at radius 2 is 1.83 bits per heavy atom. The lowest BCUT2D eigenvalue weighted by atomic mass is 9.32. The normalized spacial score (nSPS) is 27.5. The lowest BCUT2D eigenvalue weighted by molar-refractivity contribution is -0.222. The van der Waals surface area contributed by atoms with Crippen LogP contribution < -0.4 is 10.6 Å². The zero-order chi connectivity index (χ0) is 34.1. The summed E-state index contributed by atoms with van der Waals surface area (Å²) in [6.07, 6.45) is 3.63. The molecule has 2 heterocycles. The minimum atomic E-state index is -0.823. The van der Waals surface area contributed by atoms with Gasteiger partial charge in [-0.3, -0.25) is 28.9 Å². The molecule has 3 N–H and O–H groups in total. The minimum Gasteiger partial charge on any atom is -0.481 e. The first-order chi connectivity index (χ1) is 21.5. The highest BCUT2D eigenvalue weighted by atomic mass is 32.1. The van der Waals surface area contributed by atoms with Gasteiger partial charge < -0.3 is 25.4 Å². The Balaban J connectivity index is 1.45. The van der Waals surface area contributed by atoms with E-state index in [4.69, 9.17) is 4.74 Å². The zero-order valence-corrected chi connectivity index (χ0v) is 29.2. The van der Waals surface area contributed by atoms with Gasteiger partial charge >= 0.3 is 11.9 Å². The van der Waals surface area contributed by atoms with Gasteiger partial charge in [-0.05, 0) is 62.4 Å². The van der Waals surface area contributed by atoms with Crippen molar-refractivity contribution in [3.05, 3.63) is 16.1 Å². The highest BCUT2D eigenvalue weighted by Gasteiger charge is 2.74. The molecule has 3 aliphatic carbocycles. The van der Waals surface area contributed by atoms with E-state index >= 15 is 0 Å². The molecule has 1 aliphatic heterocycles. The molecule has 5 atom stereocenters. The van der Waals surface area contributed by atoms with Gasteiger partial charge in [-0.25, -0.2) is 4.98 Å². The van der Waals surface area contributed by atoms with E-state index in [1.807, 2.05) is 46.6 Å². The number of nitrogens with zero attached hydrogens (tertiary/aromatic N) is 3. The molecule has 0 radical (unpaired) electrons. The van der Waals surface area contributed by atoms with Crippen LogP contribution in [0.4, 0.5) is 0 Å². The Morgan fingerprint density at radius 1 is 1.15 bits per heavy atom. The van der Waals surface area contributed by atoms with Gasteiger partial charge in [0.15, 0.2) is 6.10 Å². The summed E-state index contributed by atoms with van der Waals surface area (Å²) in [5.74, 6) is -2.12. The third kappa shape index (κ3) is 7.25. The number of hydrogen-bond donors (Lipinski definition) is 3. The van der Waals surface area contributed by atoms with E-state index < -0.39 is 29.6 Å². The lowest BCUT2D eigenvalue weighted by Gasteiger charge is -2.75. The van der Waals surface area contributed by atoms with E-state index in [1.54, 1.807) is 17.3 Å². The van der Waals surface area contributed by atoms with Crippen molar-refractivity contribution in [2.45, 2.75) is 116 Å². The number of piperidine rings is 1. The van der Waals surface area contributed by atoms with Gasteiger partial charge in [-0.2, -0.15) is 0 Å². The monoisotopic (exact) mass is 661 g/mol. The van der Waals surface area contributed by atoms with Crippen LogP contribution in [0.25, 0.3) is 0 Å². The molecule has 13 heteroatoms. The molecule has 2 bridgehead atoms. The number of aliphatic carboxylic acids is 1. The highest BCUT2D eigenvalue weighted by Crippen LogP contribution is 2.72. The predicted molar refractivity (Wildman–Crippen MR) is 173 cm³/mol. The average Bonchev–Trinajstić information content (AvgIpc) is 3.46. The summed E-state index contributed by atoms with van der Waals surface area (Å²) in [6, 6.07) is -1.34. The van der Waals surface area contributed by atoms with Crippen LogP contribution in [0.1, 0.15) is 108 Å². The summed E-state index contributed by atoms with van der Waals surface area (Å²) in [4.78, 5) is 72.1. The number of carboxylic acid groups (broad SMARTS) is 1. The molecule has 0 spiro atoms. The fourth-order valence-corrected chi connectivity index (χ4v) is 8.63. The Morgan fingerprint density at radius 3 is 2.37 bits per heavy atom. The molecule has 46 heavy (non-hydrogen) atoms. The highest BCUT2D eigenvalue weighted by molar-refractivity contribution is 7.09. The number of thiazole rings is 1. The number of esters is 1. The summed E-state index contributed by atoms with van der Waals surface area (Å²) in [5.41, 5.74) is -0.445. The van der Waals surface area contributed by atoms with E-state index in [2.05, 4.69) is 15.6 Å². The number of hydrogen-bond acceptors (Lipinski definition) is 9. The Bertz CT molecular complexity index is 1320. The quantitative estimate of drug-likeness (QED) is 0.253. The van der Waals surface area contributed by atoms with Crippen LogP contribution >= 0.6 is 11.3 Å². The van der Waals surface area contributed by atoms with Crippen LogP contribution in [0.5, 0.6) is 0 Å². The molecule has 4 fully saturated rings. The number of amides is 3. The van der Waals surface area contributed by atoms with Crippen molar-refractivity contribution in [2.75, 3.05) is 20.6 Å². The van der Waals surface area contributed by atoms with Crippen molar-refractivity contribution >= 4 is 41.0 Å². The second-order valence-corrected chi connectivity index (χ2v) is 15.4. The number of likely N-dealkylation sites (N-methyl/N-ethyl adjacent to an activating group) is 2. The molecular weight excluding hydrogens is 610 g/mol. The molecule has 3 saturated carbocycles. The average molecular weight is 662 g/mol. The number of ether oxygens (including phenoxy) is 1. The van der Waals surface area contributed by atoms with E-state index in [0.717, 1.165) is 25.8 Å². The van der Waals surface area contributed by atoms with Gasteiger partial charge in [-0.1, -0.05) is 41.0 Å². The summed E-state index contributed by atoms with van der Waals surface area (Å²) < 4.78 is 5.72. The Hall–Kier alpha value is -3.06. The number of carbonyl (C=O) groups is 5. The summed E-state index contributed by atoms with van der Waals surface area (Å²) in [6.45, 7) is 11.9. The van der Waals surface area contributed by atoms with Gasteiger partial charge in [-0.15, -0.1) is 11.3 Å². The molecular formula is C33H51N5O7S. The molecule has 1 aromatic heterocycles. The summed E-state index contributed by atoms with van der Waals surface area (Å²) >= 11 is 1.22. The number of nitrogens with one attached hydrogen (secondary N) is 2. The van der Waals surface area contributed by atoms with E-state index in [0.29, 0.717) is 17.8 Å². The third-order valence-electron chi connectivity index (χ3n) is 10.7. The van der Waals surface area contributed by atoms with Crippen LogP contribution in [0.2, 0.25) is 0 Å². The maximum absolute atomic E-state index is 13.9. The molecule has 256 valence electrons. The molecule has 1 saturated heterocycles. The van der Waals surface area contributed by atoms with Crippen LogP contribution in [0.15, 0.2) is 5.38 Å². The van der Waals surface area contributed by atoms with E-state index in [1.165, 1.54) is 18.3 Å². The first kappa shape index (κ1) is 35.8. The molecule has 0 aromatic carbocycles. The number of rotatable bonds is 14. The molecule has 3 amide bonds. The van der Waals surface area contributed by atoms with Crippen molar-refractivity contribution in [1.29, 1.82) is 0 Å². The number of carbonyl (C=O) groups excluding carboxylic acids is 4. The topological polar surface area (TPSA) is 158 Å². The zero-order valence-electron chi connectivity index (χ0n) is 28.4. The van der Waals surface area contributed by atoms with Gasteiger partial charge in [0, 0.05) is 37.4 Å². The fraction of sp³-hybridized carbons (Fsp3) is 0.758. The van der Waals surface area contributed by atoms with Crippen LogP contribution in [-0.4, -0.2) is 93.9 Å². The van der Waals surface area contributed by atoms with Crippen molar-refractivity contribution in [2.24, 2.45) is 23.2 Å². The molecule has 4 aliphatic rings. The van der Waals surface area contributed by atoms with Crippen molar-refractivity contribution in [3.63, 3.8) is 0 Å². The second kappa shape index (κ2) is 14.0.